The predicted octanol–water partition coefficient (Wildman–Crippen LogP) is 1.12. The number of nitrogens with zero attached hydrogens (tertiary/aromatic N) is 4. The zero-order valence-electron chi connectivity index (χ0n) is 10.2. The van der Waals surface area contributed by atoms with E-state index in [0.717, 1.165) is 13.0 Å². The Balaban J connectivity index is 2.66. The highest BCUT2D eigenvalue weighted by atomic mass is 15.3. The molecule has 0 atom stereocenters. The van der Waals surface area contributed by atoms with Crippen LogP contribution in [0.25, 0.3) is 0 Å². The lowest BCUT2D eigenvalue weighted by atomic mass is 10.2. The summed E-state index contributed by atoms with van der Waals surface area (Å²) in [7, 11) is 3.72. The van der Waals surface area contributed by atoms with Crippen LogP contribution >= 0.6 is 0 Å². The van der Waals surface area contributed by atoms with Crippen LogP contribution in [0.15, 0.2) is 0 Å². The zero-order valence-corrected chi connectivity index (χ0v) is 10.2. The largest absolute Gasteiger partial charge is 0.368 e. The van der Waals surface area contributed by atoms with Crippen molar-refractivity contribution in [2.45, 2.75) is 26.2 Å². The molecule has 0 aliphatic heterocycles. The van der Waals surface area contributed by atoms with Gasteiger partial charge in [0.2, 0.25) is 17.8 Å². The number of rotatable bonds is 6. The van der Waals surface area contributed by atoms with E-state index < -0.39 is 0 Å². The molecule has 1 rings (SSSR count). The van der Waals surface area contributed by atoms with Gasteiger partial charge in [-0.25, -0.2) is 0 Å². The van der Waals surface area contributed by atoms with E-state index in [1.54, 1.807) is 7.05 Å². The fourth-order valence-corrected chi connectivity index (χ4v) is 1.36. The molecule has 0 saturated carbocycles. The molecule has 16 heavy (non-hydrogen) atoms. The van der Waals surface area contributed by atoms with Gasteiger partial charge in [-0.15, -0.1) is 0 Å². The Morgan fingerprint density at radius 2 is 2.00 bits per heavy atom. The summed E-state index contributed by atoms with van der Waals surface area (Å²) in [6.07, 6.45) is 3.55. The number of anilines is 3. The molecule has 0 bridgehead atoms. The Labute approximate surface area is 96.3 Å². The number of nitrogens with two attached hydrogens (primary N) is 1. The van der Waals surface area contributed by atoms with Gasteiger partial charge in [0.25, 0.3) is 0 Å². The lowest BCUT2D eigenvalue weighted by Crippen LogP contribution is -2.22. The van der Waals surface area contributed by atoms with E-state index in [2.05, 4.69) is 27.2 Å². The summed E-state index contributed by atoms with van der Waals surface area (Å²) in [6.45, 7) is 3.11. The van der Waals surface area contributed by atoms with Crippen LogP contribution in [-0.4, -0.2) is 35.6 Å². The number of nitrogens with one attached hydrogen (secondary N) is 1. The summed E-state index contributed by atoms with van der Waals surface area (Å²) in [5.74, 6) is 1.37. The minimum atomic E-state index is 0.247. The first-order valence-corrected chi connectivity index (χ1v) is 5.57. The molecular formula is C10H20N6. The van der Waals surface area contributed by atoms with Crippen molar-refractivity contribution in [3.8, 4) is 0 Å². The normalized spacial score (nSPS) is 10.2. The van der Waals surface area contributed by atoms with Gasteiger partial charge < -0.3 is 16.0 Å². The average Bonchev–Trinajstić information content (AvgIpc) is 2.28. The van der Waals surface area contributed by atoms with Gasteiger partial charge >= 0.3 is 0 Å². The highest BCUT2D eigenvalue weighted by molar-refractivity contribution is 5.40. The van der Waals surface area contributed by atoms with Crippen molar-refractivity contribution < 1.29 is 0 Å². The fraction of sp³-hybridized carbons (Fsp3) is 0.700. The van der Waals surface area contributed by atoms with E-state index in [9.17, 15) is 0 Å². The number of unbranched alkanes of at least 4 members (excludes halogenated alkanes) is 2. The second-order valence-corrected chi connectivity index (χ2v) is 3.70. The van der Waals surface area contributed by atoms with Crippen LogP contribution in [0.3, 0.4) is 0 Å². The van der Waals surface area contributed by atoms with Gasteiger partial charge in [0.15, 0.2) is 0 Å². The average molecular weight is 224 g/mol. The van der Waals surface area contributed by atoms with E-state index >= 15 is 0 Å². The SMILES string of the molecule is CCCCCN(C)c1nc(N)nc(NC)n1. The number of nitrogen functional groups attached to an aromatic ring is 1. The van der Waals surface area contributed by atoms with Crippen LogP contribution in [0, 0.1) is 0 Å². The van der Waals surface area contributed by atoms with Crippen molar-refractivity contribution in [2.24, 2.45) is 0 Å². The van der Waals surface area contributed by atoms with Gasteiger partial charge in [-0.2, -0.15) is 15.0 Å². The standard InChI is InChI=1S/C10H20N6/c1-4-5-6-7-16(3)10-14-8(11)13-9(12-2)15-10/h4-7H2,1-3H3,(H3,11,12,13,14,15). The first-order valence-electron chi connectivity index (χ1n) is 5.57. The summed E-state index contributed by atoms with van der Waals surface area (Å²) in [4.78, 5) is 14.3. The van der Waals surface area contributed by atoms with Crippen molar-refractivity contribution >= 4 is 17.8 Å². The van der Waals surface area contributed by atoms with E-state index in [4.69, 9.17) is 5.73 Å². The molecule has 3 N–H and O–H groups in total. The lowest BCUT2D eigenvalue weighted by molar-refractivity contribution is 0.695. The summed E-state index contributed by atoms with van der Waals surface area (Å²) >= 11 is 0. The van der Waals surface area contributed by atoms with Gasteiger partial charge in [-0.3, -0.25) is 0 Å². The third-order valence-electron chi connectivity index (χ3n) is 2.30. The highest BCUT2D eigenvalue weighted by Crippen LogP contribution is 2.10. The van der Waals surface area contributed by atoms with Gasteiger partial charge in [0, 0.05) is 20.6 Å². The molecule has 0 aliphatic rings. The van der Waals surface area contributed by atoms with Crippen LogP contribution in [0.1, 0.15) is 26.2 Å². The Bertz CT molecular complexity index is 327. The van der Waals surface area contributed by atoms with Crippen LogP contribution in [0.5, 0.6) is 0 Å². The van der Waals surface area contributed by atoms with Crippen LogP contribution in [-0.2, 0) is 0 Å². The smallest absolute Gasteiger partial charge is 0.231 e. The molecule has 1 aromatic heterocycles. The quantitative estimate of drug-likeness (QED) is 0.705. The maximum Gasteiger partial charge on any atom is 0.231 e. The van der Waals surface area contributed by atoms with Crippen LogP contribution in [0.4, 0.5) is 17.8 Å². The second kappa shape index (κ2) is 6.09. The molecule has 0 saturated heterocycles. The second-order valence-electron chi connectivity index (χ2n) is 3.70. The number of aromatic nitrogens is 3. The molecule has 0 aliphatic carbocycles. The zero-order chi connectivity index (χ0) is 12.0. The number of hydrogen-bond acceptors (Lipinski definition) is 6. The molecule has 0 spiro atoms. The van der Waals surface area contributed by atoms with E-state index in [0.29, 0.717) is 11.9 Å². The maximum atomic E-state index is 5.60. The molecule has 1 heterocycles. The Morgan fingerprint density at radius 1 is 1.25 bits per heavy atom. The Kier molecular flexibility index (Phi) is 4.75. The van der Waals surface area contributed by atoms with Gasteiger partial charge in [-0.05, 0) is 6.42 Å². The molecule has 0 radical (unpaired) electrons. The monoisotopic (exact) mass is 224 g/mol. The molecule has 0 fully saturated rings. The Hall–Kier alpha value is -1.59. The molecule has 6 heteroatoms. The molecule has 0 aromatic carbocycles. The fourth-order valence-electron chi connectivity index (χ4n) is 1.36. The van der Waals surface area contributed by atoms with Crippen LogP contribution < -0.4 is 16.0 Å². The van der Waals surface area contributed by atoms with E-state index in [1.807, 2.05) is 11.9 Å². The lowest BCUT2D eigenvalue weighted by Gasteiger charge is -2.17. The third kappa shape index (κ3) is 3.52. The van der Waals surface area contributed by atoms with E-state index in [-0.39, 0.29) is 5.95 Å². The molecular weight excluding hydrogens is 204 g/mol. The van der Waals surface area contributed by atoms with Gasteiger partial charge in [-0.1, -0.05) is 19.8 Å². The Morgan fingerprint density at radius 3 is 2.62 bits per heavy atom. The van der Waals surface area contributed by atoms with Crippen LogP contribution in [0.2, 0.25) is 0 Å². The third-order valence-corrected chi connectivity index (χ3v) is 2.30. The van der Waals surface area contributed by atoms with Crippen molar-refractivity contribution in [3.05, 3.63) is 0 Å². The first kappa shape index (κ1) is 12.5. The van der Waals surface area contributed by atoms with Crippen molar-refractivity contribution in [2.75, 3.05) is 36.6 Å². The summed E-state index contributed by atoms with van der Waals surface area (Å²) in [6, 6.07) is 0. The number of hydrogen-bond donors (Lipinski definition) is 2. The molecule has 0 unspecified atom stereocenters. The summed E-state index contributed by atoms with van der Waals surface area (Å²) in [5.41, 5.74) is 5.60. The molecule has 90 valence electrons. The van der Waals surface area contributed by atoms with Gasteiger partial charge in [0.1, 0.15) is 0 Å². The van der Waals surface area contributed by atoms with Crippen molar-refractivity contribution in [3.63, 3.8) is 0 Å². The van der Waals surface area contributed by atoms with Crippen molar-refractivity contribution in [1.82, 2.24) is 15.0 Å². The maximum absolute atomic E-state index is 5.60. The highest BCUT2D eigenvalue weighted by Gasteiger charge is 2.07. The van der Waals surface area contributed by atoms with Gasteiger partial charge in [0.05, 0.1) is 0 Å². The van der Waals surface area contributed by atoms with Crippen molar-refractivity contribution in [1.29, 1.82) is 0 Å². The van der Waals surface area contributed by atoms with E-state index in [1.165, 1.54) is 12.8 Å². The minimum Gasteiger partial charge on any atom is -0.368 e. The topological polar surface area (TPSA) is 80.0 Å². The molecule has 1 aromatic rings. The summed E-state index contributed by atoms with van der Waals surface area (Å²) in [5, 5.41) is 2.86. The predicted molar refractivity (Wildman–Crippen MR) is 66.6 cm³/mol. The molecule has 6 nitrogen and oxygen atoms in total. The molecule has 0 amide bonds. The summed E-state index contributed by atoms with van der Waals surface area (Å²) < 4.78 is 0. The minimum absolute atomic E-state index is 0.247. The first-order chi connectivity index (χ1) is 7.67.